The summed E-state index contributed by atoms with van der Waals surface area (Å²) in [6.07, 6.45) is 6.72. The van der Waals surface area contributed by atoms with Crippen LogP contribution >= 0.6 is 0 Å². The number of likely N-dealkylation sites (N-methyl/N-ethyl adjacent to an activating group) is 1. The van der Waals surface area contributed by atoms with Gasteiger partial charge in [0, 0.05) is 57.6 Å². The van der Waals surface area contributed by atoms with Gasteiger partial charge in [-0.15, -0.1) is 0 Å². The summed E-state index contributed by atoms with van der Waals surface area (Å²) < 4.78 is 2.34. The Morgan fingerprint density at radius 1 is 0.941 bits per heavy atom. The normalized spacial score (nSPS) is 16.5. The number of nitrogens with zero attached hydrogens (tertiary/aromatic N) is 7. The number of hydrogen-bond acceptors (Lipinski definition) is 7. The topological polar surface area (TPSA) is 75.0 Å². The van der Waals surface area contributed by atoms with Gasteiger partial charge in [0.2, 0.25) is 5.95 Å². The third kappa shape index (κ3) is 4.57. The van der Waals surface area contributed by atoms with Gasteiger partial charge in [-0.3, -0.25) is 4.90 Å². The monoisotopic (exact) mass is 460 g/mol. The van der Waals surface area contributed by atoms with Crippen molar-refractivity contribution in [2.24, 2.45) is 0 Å². The van der Waals surface area contributed by atoms with Gasteiger partial charge in [-0.1, -0.05) is 19.9 Å². The molecule has 1 fully saturated rings. The molecule has 8 heteroatoms. The third-order valence-electron chi connectivity index (χ3n) is 6.99. The molecule has 34 heavy (non-hydrogen) atoms. The van der Waals surface area contributed by atoms with Crippen molar-refractivity contribution in [1.29, 1.82) is 0 Å². The van der Waals surface area contributed by atoms with Gasteiger partial charge in [0.25, 0.3) is 0 Å². The Balaban J connectivity index is 1.32. The average Bonchev–Trinajstić information content (AvgIpc) is 3.25. The zero-order valence-corrected chi connectivity index (χ0v) is 20.9. The van der Waals surface area contributed by atoms with Crippen LogP contribution in [0.1, 0.15) is 56.4 Å². The number of fused-ring (bicyclic) bond motifs is 3. The summed E-state index contributed by atoms with van der Waals surface area (Å²) in [7, 11) is 0. The van der Waals surface area contributed by atoms with Gasteiger partial charge in [-0.05, 0) is 50.4 Å². The highest BCUT2D eigenvalue weighted by Gasteiger charge is 2.27. The van der Waals surface area contributed by atoms with Gasteiger partial charge in [0.15, 0.2) is 0 Å². The lowest BCUT2D eigenvalue weighted by molar-refractivity contribution is 0.132. The quantitative estimate of drug-likeness (QED) is 0.574. The van der Waals surface area contributed by atoms with Crippen molar-refractivity contribution in [3.8, 4) is 11.4 Å². The van der Waals surface area contributed by atoms with Crippen molar-refractivity contribution in [3.05, 3.63) is 47.2 Å². The smallest absolute Gasteiger partial charge is 0.228 e. The van der Waals surface area contributed by atoms with E-state index in [1.165, 1.54) is 11.1 Å². The molecule has 2 aliphatic rings. The maximum absolute atomic E-state index is 4.94. The van der Waals surface area contributed by atoms with E-state index in [1.54, 1.807) is 0 Å². The van der Waals surface area contributed by atoms with Crippen LogP contribution < -0.4 is 5.32 Å². The molecule has 0 unspecified atom stereocenters. The number of anilines is 2. The molecule has 0 aromatic carbocycles. The first kappa shape index (κ1) is 22.9. The first-order chi connectivity index (χ1) is 16.6. The Morgan fingerprint density at radius 3 is 2.41 bits per heavy atom. The van der Waals surface area contributed by atoms with Crippen LogP contribution in [-0.2, 0) is 25.8 Å². The Labute approximate surface area is 202 Å². The van der Waals surface area contributed by atoms with Crippen molar-refractivity contribution >= 4 is 11.8 Å². The number of hydrogen-bond donors (Lipinski definition) is 1. The molecule has 3 aromatic heterocycles. The summed E-state index contributed by atoms with van der Waals surface area (Å²) in [6, 6.07) is 4.52. The number of piperazine rings is 1. The lowest BCUT2D eigenvalue weighted by Gasteiger charge is -2.33. The second-order valence-corrected chi connectivity index (χ2v) is 9.60. The van der Waals surface area contributed by atoms with Crippen LogP contribution in [0.2, 0.25) is 0 Å². The maximum Gasteiger partial charge on any atom is 0.228 e. The van der Waals surface area contributed by atoms with Crippen LogP contribution in [0.15, 0.2) is 24.5 Å². The SMILES string of the molecule is CCc1nc2c(n1C(C)C)-c1nc(Nc3ccc(CN4CCN(CC)CC4)cn3)ncc1CC2. The number of aromatic nitrogens is 5. The molecular formula is C26H36N8. The number of nitrogens with one attached hydrogen (secondary N) is 1. The van der Waals surface area contributed by atoms with Gasteiger partial charge in [0.1, 0.15) is 11.6 Å². The highest BCUT2D eigenvalue weighted by molar-refractivity contribution is 5.67. The number of imidazole rings is 1. The van der Waals surface area contributed by atoms with E-state index in [9.17, 15) is 0 Å². The zero-order chi connectivity index (χ0) is 23.7. The lowest BCUT2D eigenvalue weighted by Crippen LogP contribution is -2.45. The van der Waals surface area contributed by atoms with Crippen molar-refractivity contribution in [3.63, 3.8) is 0 Å². The molecule has 1 N–H and O–H groups in total. The van der Waals surface area contributed by atoms with Crippen LogP contribution in [0.3, 0.4) is 0 Å². The highest BCUT2D eigenvalue weighted by Crippen LogP contribution is 2.35. The molecule has 0 bridgehead atoms. The minimum absolute atomic E-state index is 0.336. The van der Waals surface area contributed by atoms with Crippen molar-refractivity contribution in [2.45, 2.75) is 59.5 Å². The Morgan fingerprint density at radius 2 is 1.74 bits per heavy atom. The predicted octanol–water partition coefficient (Wildman–Crippen LogP) is 3.86. The fraction of sp³-hybridized carbons (Fsp3) is 0.538. The van der Waals surface area contributed by atoms with Crippen molar-refractivity contribution < 1.29 is 0 Å². The standard InChI is InChI=1S/C26H36N8/c1-5-23-29-21-9-8-20-16-28-26(31-24(20)25(21)34(23)18(3)4)30-22-10-7-19(15-27-22)17-33-13-11-32(6-2)12-14-33/h7,10,15-16,18H,5-6,8-9,11-14,17H2,1-4H3,(H,27,28,30,31). The molecule has 1 aliphatic heterocycles. The second-order valence-electron chi connectivity index (χ2n) is 9.60. The molecule has 0 radical (unpaired) electrons. The molecule has 8 nitrogen and oxygen atoms in total. The first-order valence-corrected chi connectivity index (χ1v) is 12.7. The average molecular weight is 461 g/mol. The van der Waals surface area contributed by atoms with E-state index in [-0.39, 0.29) is 0 Å². The molecule has 1 saturated heterocycles. The summed E-state index contributed by atoms with van der Waals surface area (Å²) in [6.45, 7) is 15.4. The molecule has 3 aromatic rings. The Bertz CT molecular complexity index is 1130. The van der Waals surface area contributed by atoms with E-state index in [0.717, 1.165) is 87.3 Å². The van der Waals surface area contributed by atoms with Gasteiger partial charge in [-0.2, -0.15) is 0 Å². The number of aryl methyl sites for hydroxylation is 3. The van der Waals surface area contributed by atoms with Crippen molar-refractivity contribution in [1.82, 2.24) is 34.3 Å². The molecule has 0 atom stereocenters. The summed E-state index contributed by atoms with van der Waals surface area (Å²) in [5.74, 6) is 2.48. The molecule has 1 aliphatic carbocycles. The summed E-state index contributed by atoms with van der Waals surface area (Å²) in [5, 5.41) is 3.32. The molecule has 0 amide bonds. The second kappa shape index (κ2) is 9.80. The van der Waals surface area contributed by atoms with Crippen molar-refractivity contribution in [2.75, 3.05) is 38.0 Å². The Kier molecular flexibility index (Phi) is 6.61. The summed E-state index contributed by atoms with van der Waals surface area (Å²) >= 11 is 0. The van der Waals surface area contributed by atoms with E-state index in [2.05, 4.69) is 63.4 Å². The fourth-order valence-corrected chi connectivity index (χ4v) is 5.10. The van der Waals surface area contributed by atoms with Crippen LogP contribution in [0, 0.1) is 0 Å². The van der Waals surface area contributed by atoms with E-state index in [1.807, 2.05) is 18.5 Å². The largest absolute Gasteiger partial charge is 0.324 e. The van der Waals surface area contributed by atoms with Gasteiger partial charge >= 0.3 is 0 Å². The Hall–Kier alpha value is -2.84. The summed E-state index contributed by atoms with van der Waals surface area (Å²) in [4.78, 5) is 24.1. The molecule has 180 valence electrons. The molecule has 0 spiro atoms. The van der Waals surface area contributed by atoms with Gasteiger partial charge in [0.05, 0.1) is 17.1 Å². The van der Waals surface area contributed by atoms with E-state index < -0.39 is 0 Å². The first-order valence-electron chi connectivity index (χ1n) is 12.7. The third-order valence-corrected chi connectivity index (χ3v) is 6.99. The molecular weight excluding hydrogens is 424 g/mol. The van der Waals surface area contributed by atoms with E-state index in [4.69, 9.17) is 9.97 Å². The molecule has 0 saturated carbocycles. The van der Waals surface area contributed by atoms with Crippen LogP contribution in [-0.4, -0.2) is 67.0 Å². The number of pyridine rings is 1. The molecule has 5 rings (SSSR count). The molecule has 4 heterocycles. The van der Waals surface area contributed by atoms with Gasteiger partial charge < -0.3 is 14.8 Å². The van der Waals surface area contributed by atoms with Crippen LogP contribution in [0.5, 0.6) is 0 Å². The fourth-order valence-electron chi connectivity index (χ4n) is 5.10. The zero-order valence-electron chi connectivity index (χ0n) is 20.9. The van der Waals surface area contributed by atoms with Crippen LogP contribution in [0.4, 0.5) is 11.8 Å². The predicted molar refractivity (Wildman–Crippen MR) is 135 cm³/mol. The number of rotatable bonds is 7. The van der Waals surface area contributed by atoms with Crippen LogP contribution in [0.25, 0.3) is 11.4 Å². The lowest BCUT2D eigenvalue weighted by atomic mass is 9.97. The van der Waals surface area contributed by atoms with Gasteiger partial charge in [-0.25, -0.2) is 19.9 Å². The van der Waals surface area contributed by atoms with E-state index >= 15 is 0 Å². The summed E-state index contributed by atoms with van der Waals surface area (Å²) in [5.41, 5.74) is 5.74. The highest BCUT2D eigenvalue weighted by atomic mass is 15.3. The maximum atomic E-state index is 4.94. The van der Waals surface area contributed by atoms with E-state index in [0.29, 0.717) is 12.0 Å². The minimum atomic E-state index is 0.336. The minimum Gasteiger partial charge on any atom is -0.324 e.